The molecule has 0 aliphatic rings. The van der Waals surface area contributed by atoms with Gasteiger partial charge in [-0.05, 0) is 12.1 Å². The SMILES string of the molecule is CNC(=O)n1cnc(-c2ccc(S(C)(=O)=O)cc2)c1. The van der Waals surface area contributed by atoms with Crippen LogP contribution in [0.2, 0.25) is 0 Å². The highest BCUT2D eigenvalue weighted by Crippen LogP contribution is 2.19. The maximum Gasteiger partial charge on any atom is 0.326 e. The van der Waals surface area contributed by atoms with Crippen LogP contribution in [0.15, 0.2) is 41.7 Å². The highest BCUT2D eigenvalue weighted by atomic mass is 32.2. The van der Waals surface area contributed by atoms with Gasteiger partial charge in [-0.15, -0.1) is 0 Å². The van der Waals surface area contributed by atoms with Crippen LogP contribution in [-0.4, -0.2) is 37.3 Å². The number of benzene rings is 1. The van der Waals surface area contributed by atoms with Crippen LogP contribution in [0, 0.1) is 0 Å². The van der Waals surface area contributed by atoms with Gasteiger partial charge >= 0.3 is 6.03 Å². The second kappa shape index (κ2) is 4.85. The lowest BCUT2D eigenvalue weighted by molar-refractivity contribution is 0.244. The molecular weight excluding hydrogens is 266 g/mol. The molecule has 0 aliphatic heterocycles. The van der Waals surface area contributed by atoms with Crippen LogP contribution in [0.4, 0.5) is 4.79 Å². The van der Waals surface area contributed by atoms with Crippen LogP contribution in [0.5, 0.6) is 0 Å². The molecule has 0 bridgehead atoms. The van der Waals surface area contributed by atoms with Crippen molar-refractivity contribution in [3.8, 4) is 11.3 Å². The number of carbonyl (C=O) groups excluding carboxylic acids is 1. The molecule has 6 nitrogen and oxygen atoms in total. The van der Waals surface area contributed by atoms with Crippen LogP contribution in [-0.2, 0) is 9.84 Å². The molecule has 1 aromatic carbocycles. The first-order valence-electron chi connectivity index (χ1n) is 5.48. The van der Waals surface area contributed by atoms with Crippen LogP contribution >= 0.6 is 0 Å². The molecule has 7 heteroatoms. The summed E-state index contributed by atoms with van der Waals surface area (Å²) in [5.41, 5.74) is 1.35. The minimum atomic E-state index is -3.20. The number of sulfone groups is 1. The molecular formula is C12H13N3O3S. The average molecular weight is 279 g/mol. The van der Waals surface area contributed by atoms with Gasteiger partial charge in [-0.25, -0.2) is 18.2 Å². The predicted molar refractivity (Wildman–Crippen MR) is 70.6 cm³/mol. The van der Waals surface area contributed by atoms with Gasteiger partial charge in [-0.2, -0.15) is 0 Å². The summed E-state index contributed by atoms with van der Waals surface area (Å²) in [7, 11) is -1.67. The van der Waals surface area contributed by atoms with Crippen LogP contribution in [0.3, 0.4) is 0 Å². The molecule has 1 heterocycles. The van der Waals surface area contributed by atoms with Crippen molar-refractivity contribution in [2.75, 3.05) is 13.3 Å². The topological polar surface area (TPSA) is 81.1 Å². The number of hydrogen-bond donors (Lipinski definition) is 1. The zero-order chi connectivity index (χ0) is 14.0. The molecule has 0 saturated heterocycles. The zero-order valence-electron chi connectivity index (χ0n) is 10.5. The maximum absolute atomic E-state index is 11.4. The number of carbonyl (C=O) groups is 1. The van der Waals surface area contributed by atoms with Crippen molar-refractivity contribution in [1.29, 1.82) is 0 Å². The van der Waals surface area contributed by atoms with Crippen LogP contribution in [0.25, 0.3) is 11.3 Å². The Morgan fingerprint density at radius 3 is 2.42 bits per heavy atom. The Morgan fingerprint density at radius 2 is 1.89 bits per heavy atom. The number of nitrogens with zero attached hydrogens (tertiary/aromatic N) is 2. The lowest BCUT2D eigenvalue weighted by Gasteiger charge is -2.00. The van der Waals surface area contributed by atoms with Gasteiger partial charge in [-0.3, -0.25) is 4.57 Å². The standard InChI is InChI=1S/C12H13N3O3S/c1-13-12(16)15-7-11(14-8-15)9-3-5-10(6-4-9)19(2,17)18/h3-8H,1-2H3,(H,13,16). The van der Waals surface area contributed by atoms with Crippen molar-refractivity contribution < 1.29 is 13.2 Å². The summed E-state index contributed by atoms with van der Waals surface area (Å²) in [6, 6.07) is 6.07. The van der Waals surface area contributed by atoms with Gasteiger partial charge in [0.25, 0.3) is 0 Å². The fourth-order valence-electron chi connectivity index (χ4n) is 1.58. The Labute approximate surface area is 111 Å². The van der Waals surface area contributed by atoms with Crippen molar-refractivity contribution >= 4 is 15.9 Å². The maximum atomic E-state index is 11.4. The lowest BCUT2D eigenvalue weighted by Crippen LogP contribution is -2.22. The minimum absolute atomic E-state index is 0.252. The molecule has 100 valence electrons. The average Bonchev–Trinajstić information content (AvgIpc) is 2.86. The van der Waals surface area contributed by atoms with Gasteiger partial charge in [0.1, 0.15) is 6.33 Å². The predicted octanol–water partition coefficient (Wildman–Crippen LogP) is 1.14. The highest BCUT2D eigenvalue weighted by molar-refractivity contribution is 7.90. The smallest absolute Gasteiger partial charge is 0.326 e. The second-order valence-corrected chi connectivity index (χ2v) is 6.03. The van der Waals surface area contributed by atoms with E-state index >= 15 is 0 Å². The van der Waals surface area contributed by atoms with E-state index in [2.05, 4.69) is 10.3 Å². The molecule has 0 aliphatic carbocycles. The molecule has 1 N–H and O–H groups in total. The van der Waals surface area contributed by atoms with Crippen molar-refractivity contribution in [1.82, 2.24) is 14.9 Å². The van der Waals surface area contributed by atoms with E-state index in [4.69, 9.17) is 0 Å². The highest BCUT2D eigenvalue weighted by Gasteiger charge is 2.09. The summed E-state index contributed by atoms with van der Waals surface area (Å²) in [6.07, 6.45) is 4.13. The first kappa shape index (κ1) is 13.3. The van der Waals surface area contributed by atoms with E-state index < -0.39 is 9.84 Å². The third kappa shape index (κ3) is 2.82. The molecule has 1 amide bonds. The molecule has 19 heavy (non-hydrogen) atoms. The molecule has 0 atom stereocenters. The van der Waals surface area contributed by atoms with E-state index in [0.717, 1.165) is 11.8 Å². The van der Waals surface area contributed by atoms with Gasteiger partial charge in [-0.1, -0.05) is 12.1 Å². The molecule has 0 saturated carbocycles. The van der Waals surface area contributed by atoms with Gasteiger partial charge in [0.15, 0.2) is 9.84 Å². The van der Waals surface area contributed by atoms with Crippen LogP contribution < -0.4 is 5.32 Å². The van der Waals surface area contributed by atoms with Crippen molar-refractivity contribution in [3.05, 3.63) is 36.8 Å². The quantitative estimate of drug-likeness (QED) is 0.894. The Kier molecular flexibility index (Phi) is 3.39. The van der Waals surface area contributed by atoms with Crippen molar-refractivity contribution in [2.45, 2.75) is 4.90 Å². The van der Waals surface area contributed by atoms with E-state index in [1.807, 2.05) is 0 Å². The number of hydrogen-bond acceptors (Lipinski definition) is 4. The minimum Gasteiger partial charge on any atom is -0.340 e. The number of rotatable bonds is 2. The Hall–Kier alpha value is -2.15. The molecule has 1 aromatic heterocycles. The Balaban J connectivity index is 2.33. The van der Waals surface area contributed by atoms with Gasteiger partial charge < -0.3 is 5.32 Å². The second-order valence-electron chi connectivity index (χ2n) is 4.02. The fourth-order valence-corrected chi connectivity index (χ4v) is 2.22. The molecule has 0 unspecified atom stereocenters. The third-order valence-electron chi connectivity index (χ3n) is 2.61. The molecule has 0 spiro atoms. The molecule has 0 radical (unpaired) electrons. The molecule has 0 fully saturated rings. The lowest BCUT2D eigenvalue weighted by atomic mass is 10.2. The van der Waals surface area contributed by atoms with Crippen molar-refractivity contribution in [3.63, 3.8) is 0 Å². The third-order valence-corrected chi connectivity index (χ3v) is 3.74. The molecule has 2 aromatic rings. The van der Waals surface area contributed by atoms with E-state index in [9.17, 15) is 13.2 Å². The van der Waals surface area contributed by atoms with E-state index in [1.165, 1.54) is 30.1 Å². The Bertz CT molecular complexity index is 702. The summed E-state index contributed by atoms with van der Waals surface area (Å²) in [6.45, 7) is 0. The summed E-state index contributed by atoms with van der Waals surface area (Å²) in [5, 5.41) is 2.48. The summed E-state index contributed by atoms with van der Waals surface area (Å²) < 4.78 is 24.0. The normalized spacial score (nSPS) is 11.3. The van der Waals surface area contributed by atoms with Crippen molar-refractivity contribution in [2.24, 2.45) is 0 Å². The summed E-state index contributed by atoms with van der Waals surface area (Å²) >= 11 is 0. The number of imidazole rings is 1. The van der Waals surface area contributed by atoms with Gasteiger partial charge in [0.2, 0.25) is 0 Å². The first-order chi connectivity index (χ1) is 8.91. The van der Waals surface area contributed by atoms with Gasteiger partial charge in [0, 0.05) is 25.1 Å². The first-order valence-corrected chi connectivity index (χ1v) is 7.37. The largest absolute Gasteiger partial charge is 0.340 e. The van der Waals surface area contributed by atoms with Gasteiger partial charge in [0.05, 0.1) is 10.6 Å². The van der Waals surface area contributed by atoms with E-state index in [-0.39, 0.29) is 10.9 Å². The summed E-state index contributed by atoms with van der Waals surface area (Å²) in [4.78, 5) is 15.7. The monoisotopic (exact) mass is 279 g/mol. The van der Waals surface area contributed by atoms with Crippen LogP contribution in [0.1, 0.15) is 0 Å². The van der Waals surface area contributed by atoms with E-state index in [1.54, 1.807) is 18.3 Å². The number of nitrogens with one attached hydrogen (secondary N) is 1. The fraction of sp³-hybridized carbons (Fsp3) is 0.167. The molecule has 2 rings (SSSR count). The zero-order valence-corrected chi connectivity index (χ0v) is 11.3. The Morgan fingerprint density at radius 1 is 1.26 bits per heavy atom. The number of amides is 1. The van der Waals surface area contributed by atoms with E-state index in [0.29, 0.717) is 5.69 Å². The number of aromatic nitrogens is 2. The summed E-state index contributed by atoms with van der Waals surface area (Å²) in [5.74, 6) is 0.